The van der Waals surface area contributed by atoms with Gasteiger partial charge in [-0.05, 0) is 54.2 Å². The number of nitrogens with zero attached hydrogens (tertiary/aromatic N) is 5. The number of benzene rings is 3. The summed E-state index contributed by atoms with van der Waals surface area (Å²) in [6, 6.07) is 17.3. The normalized spacial score (nSPS) is 11.2. The van der Waals surface area contributed by atoms with Crippen LogP contribution in [0.25, 0.3) is 15.8 Å². The monoisotopic (exact) mass is 567 g/mol. The standard InChI is InChI=1S/C27H29ClN7O3S/c1-17-11-12-18(29-27(34(2)3)35(4)5)15-24(17)39(36,37)33-26-25(30-21-9-7-8-10-22(21)31-26)32-23-16-19(38-6)13-14-20(23)28/h7-16H,1-6H3,(H-,30,31,32,33)/q-1/p+1. The maximum Gasteiger partial charge on any atom is 0.352 e. The van der Waals surface area contributed by atoms with Crippen LogP contribution >= 0.6 is 11.6 Å². The van der Waals surface area contributed by atoms with Crippen molar-refractivity contribution in [3.63, 3.8) is 0 Å². The molecule has 0 radical (unpaired) electrons. The summed E-state index contributed by atoms with van der Waals surface area (Å²) in [5.41, 5.74) is 2.66. The van der Waals surface area contributed by atoms with Gasteiger partial charge in [-0.25, -0.2) is 18.7 Å². The second-order valence-electron chi connectivity index (χ2n) is 9.14. The number of guanidine groups is 1. The topological polar surface area (TPSA) is 114 Å². The van der Waals surface area contributed by atoms with E-state index < -0.39 is 10.0 Å². The van der Waals surface area contributed by atoms with Crippen LogP contribution in [0.4, 0.5) is 23.0 Å². The summed E-state index contributed by atoms with van der Waals surface area (Å²) in [5.74, 6) is 1.38. The minimum atomic E-state index is -4.20. The highest BCUT2D eigenvalue weighted by molar-refractivity contribution is 7.94. The molecule has 39 heavy (non-hydrogen) atoms. The maximum atomic E-state index is 13.7. The number of hydrogen-bond acceptors (Lipinski definition) is 6. The first kappa shape index (κ1) is 27.9. The molecule has 4 aromatic rings. The van der Waals surface area contributed by atoms with E-state index in [1.54, 1.807) is 62.6 Å². The molecule has 0 bridgehead atoms. The van der Waals surface area contributed by atoms with Gasteiger partial charge < -0.3 is 19.8 Å². The van der Waals surface area contributed by atoms with Crippen LogP contribution in [-0.4, -0.2) is 69.1 Å². The average Bonchev–Trinajstić information content (AvgIpc) is 2.89. The highest BCUT2D eigenvalue weighted by atomic mass is 35.5. The van der Waals surface area contributed by atoms with Crippen molar-refractivity contribution < 1.29 is 17.7 Å². The van der Waals surface area contributed by atoms with Crippen LogP contribution in [0.15, 0.2) is 65.6 Å². The van der Waals surface area contributed by atoms with Gasteiger partial charge in [0.1, 0.15) is 17.3 Å². The van der Waals surface area contributed by atoms with E-state index in [0.29, 0.717) is 38.7 Å². The number of hydrogen-bond donors (Lipinski definition) is 2. The van der Waals surface area contributed by atoms with Crippen molar-refractivity contribution in [3.05, 3.63) is 76.0 Å². The van der Waals surface area contributed by atoms with Crippen molar-refractivity contribution >= 4 is 61.6 Å². The van der Waals surface area contributed by atoms with Crippen LogP contribution in [-0.2, 0) is 10.0 Å². The third-order valence-corrected chi connectivity index (χ3v) is 7.49. The molecule has 0 saturated heterocycles. The molecule has 1 heterocycles. The molecular weight excluding hydrogens is 538 g/mol. The number of rotatable bonds is 7. The van der Waals surface area contributed by atoms with Gasteiger partial charge in [-0.15, -0.1) is 0 Å². The molecule has 0 fully saturated rings. The Morgan fingerprint density at radius 1 is 1.03 bits per heavy atom. The molecule has 12 heteroatoms. The lowest BCUT2D eigenvalue weighted by Gasteiger charge is -2.22. The van der Waals surface area contributed by atoms with Gasteiger partial charge in [0.05, 0.1) is 56.4 Å². The molecule has 0 aliphatic heterocycles. The van der Waals surface area contributed by atoms with Crippen LogP contribution in [0.2, 0.25) is 5.02 Å². The van der Waals surface area contributed by atoms with Crippen LogP contribution in [0, 0.1) is 6.92 Å². The predicted molar refractivity (Wildman–Crippen MR) is 157 cm³/mol. The molecule has 0 amide bonds. The second-order valence-corrected chi connectivity index (χ2v) is 11.1. The minimum absolute atomic E-state index is 0.0460. The molecule has 0 aliphatic rings. The third-order valence-electron chi connectivity index (χ3n) is 5.75. The molecule has 0 atom stereocenters. The SMILES string of the molecule is COc1ccc(Cl)c(Nc2nc3ccccc3nc2[N-]S(=O)(=O)c2cc(NC(N(C)C)=[N+](C)C)ccc2C)c1. The Morgan fingerprint density at radius 3 is 2.36 bits per heavy atom. The van der Waals surface area contributed by atoms with Crippen molar-refractivity contribution in [2.45, 2.75) is 11.8 Å². The Morgan fingerprint density at radius 2 is 1.72 bits per heavy atom. The maximum absolute atomic E-state index is 13.7. The van der Waals surface area contributed by atoms with Crippen molar-refractivity contribution in [3.8, 4) is 5.75 Å². The minimum Gasteiger partial charge on any atom is -0.497 e. The van der Waals surface area contributed by atoms with E-state index in [1.165, 1.54) is 0 Å². The molecule has 0 aliphatic carbocycles. The summed E-state index contributed by atoms with van der Waals surface area (Å²) in [4.78, 5) is 11.1. The third kappa shape index (κ3) is 6.32. The Kier molecular flexibility index (Phi) is 8.12. The van der Waals surface area contributed by atoms with E-state index in [1.807, 2.05) is 49.8 Å². The van der Waals surface area contributed by atoms with Gasteiger partial charge in [-0.3, -0.25) is 9.48 Å². The lowest BCUT2D eigenvalue weighted by atomic mass is 10.2. The summed E-state index contributed by atoms with van der Waals surface area (Å²) in [6.07, 6.45) is 0. The Labute approximate surface area is 233 Å². The van der Waals surface area contributed by atoms with Gasteiger partial charge in [0.15, 0.2) is 0 Å². The van der Waals surface area contributed by atoms with Crippen molar-refractivity contribution in [2.24, 2.45) is 0 Å². The second kappa shape index (κ2) is 11.3. The molecule has 4 rings (SSSR count). The zero-order valence-electron chi connectivity index (χ0n) is 22.5. The number of fused-ring (bicyclic) bond motifs is 1. The highest BCUT2D eigenvalue weighted by Crippen LogP contribution is 2.38. The number of halogens is 1. The van der Waals surface area contributed by atoms with Crippen molar-refractivity contribution in [1.82, 2.24) is 14.9 Å². The molecule has 0 saturated carbocycles. The zero-order chi connectivity index (χ0) is 28.3. The number of sulfonamides is 1. The fourth-order valence-electron chi connectivity index (χ4n) is 3.86. The summed E-state index contributed by atoms with van der Waals surface area (Å²) in [7, 11) is 4.92. The van der Waals surface area contributed by atoms with Crippen LogP contribution < -0.4 is 15.4 Å². The van der Waals surface area contributed by atoms with Gasteiger partial charge in [-0.1, -0.05) is 35.9 Å². The number of methoxy groups -OCH3 is 1. The van der Waals surface area contributed by atoms with E-state index >= 15 is 0 Å². The molecule has 0 spiro atoms. The predicted octanol–water partition coefficient (Wildman–Crippen LogP) is 5.34. The van der Waals surface area contributed by atoms with Crippen molar-refractivity contribution in [1.29, 1.82) is 0 Å². The number of anilines is 3. The molecule has 2 N–H and O–H groups in total. The largest absolute Gasteiger partial charge is 0.497 e. The zero-order valence-corrected chi connectivity index (χ0v) is 24.1. The fourth-order valence-corrected chi connectivity index (χ4v) is 5.23. The van der Waals surface area contributed by atoms with Gasteiger partial charge in [0, 0.05) is 6.07 Å². The lowest BCUT2D eigenvalue weighted by Crippen LogP contribution is -2.36. The van der Waals surface area contributed by atoms with E-state index in [9.17, 15) is 8.42 Å². The number of ether oxygens (including phenoxy) is 1. The molecule has 204 valence electrons. The fraction of sp³-hybridized carbons (Fsp3) is 0.222. The number of aromatic nitrogens is 2. The van der Waals surface area contributed by atoms with Gasteiger partial charge >= 0.3 is 5.96 Å². The van der Waals surface area contributed by atoms with E-state index in [-0.39, 0.29) is 16.5 Å². The summed E-state index contributed by atoms with van der Waals surface area (Å²) in [6.45, 7) is 1.72. The van der Waals surface area contributed by atoms with E-state index in [4.69, 9.17) is 16.3 Å². The highest BCUT2D eigenvalue weighted by Gasteiger charge is 2.19. The molecule has 10 nitrogen and oxygen atoms in total. The Hall–Kier alpha value is -4.09. The number of para-hydroxylation sites is 2. The number of aryl methyl sites for hydroxylation is 1. The first-order chi connectivity index (χ1) is 18.5. The smallest absolute Gasteiger partial charge is 0.352 e. The van der Waals surface area contributed by atoms with Gasteiger partial charge in [0.25, 0.3) is 0 Å². The lowest BCUT2D eigenvalue weighted by molar-refractivity contribution is -0.469. The summed E-state index contributed by atoms with van der Waals surface area (Å²) in [5, 5.41) is 6.74. The first-order valence-electron chi connectivity index (χ1n) is 11.9. The number of nitrogens with one attached hydrogen (secondary N) is 2. The molecular formula is C27H30ClN7O3S. The van der Waals surface area contributed by atoms with Crippen LogP contribution in [0.5, 0.6) is 5.75 Å². The quantitative estimate of drug-likeness (QED) is 0.175. The van der Waals surface area contributed by atoms with Gasteiger partial charge in [-0.2, -0.15) is 0 Å². The Balaban J connectivity index is 1.77. The Bertz CT molecular complexity index is 1670. The van der Waals surface area contributed by atoms with Gasteiger partial charge in [0.2, 0.25) is 10.0 Å². The molecule has 0 unspecified atom stereocenters. The average molecular weight is 568 g/mol. The summed E-state index contributed by atoms with van der Waals surface area (Å²) >= 11 is 6.40. The van der Waals surface area contributed by atoms with Crippen LogP contribution in [0.3, 0.4) is 0 Å². The van der Waals surface area contributed by atoms with E-state index in [0.717, 1.165) is 5.96 Å². The molecule has 3 aromatic carbocycles. The summed E-state index contributed by atoms with van der Waals surface area (Å²) < 4.78 is 38.7. The molecule has 1 aromatic heterocycles. The van der Waals surface area contributed by atoms with Crippen molar-refractivity contribution in [2.75, 3.05) is 45.9 Å². The van der Waals surface area contributed by atoms with E-state index in [2.05, 4.69) is 25.3 Å². The first-order valence-corrected chi connectivity index (χ1v) is 13.7. The van der Waals surface area contributed by atoms with Crippen LogP contribution in [0.1, 0.15) is 5.56 Å².